The quantitative estimate of drug-likeness (QED) is 0.399. The Morgan fingerprint density at radius 2 is 1.57 bits per heavy atom. The third kappa shape index (κ3) is 6.44. The second-order valence-electron chi connectivity index (χ2n) is 8.63. The Morgan fingerprint density at radius 3 is 2.16 bits per heavy atom. The van der Waals surface area contributed by atoms with Crippen LogP contribution in [0.2, 0.25) is 10.0 Å². The molecule has 0 bridgehead atoms. The molecule has 0 aliphatic heterocycles. The molecule has 37 heavy (non-hydrogen) atoms. The predicted octanol–water partition coefficient (Wildman–Crippen LogP) is 4.97. The number of aryl methyl sites for hydroxylation is 2. The molecule has 0 radical (unpaired) electrons. The number of nitrogens with zero attached hydrogens (tertiary/aromatic N) is 2. The van der Waals surface area contributed by atoms with E-state index < -0.39 is 34.4 Å². The summed E-state index contributed by atoms with van der Waals surface area (Å²) in [7, 11) is -2.66. The summed E-state index contributed by atoms with van der Waals surface area (Å²) in [5.41, 5.74) is 2.34. The number of benzene rings is 3. The van der Waals surface area contributed by atoms with Crippen molar-refractivity contribution in [2.45, 2.75) is 38.3 Å². The Hall–Kier alpha value is -3.07. The zero-order chi connectivity index (χ0) is 27.3. The highest BCUT2D eigenvalue weighted by Crippen LogP contribution is 2.30. The molecule has 0 heterocycles. The molecule has 3 rings (SSSR count). The number of hydrogen-bond donors (Lipinski definition) is 1. The number of sulfonamides is 1. The average molecular weight is 563 g/mol. The molecule has 0 aliphatic carbocycles. The van der Waals surface area contributed by atoms with E-state index in [2.05, 4.69) is 5.32 Å². The van der Waals surface area contributed by atoms with Gasteiger partial charge in [0.1, 0.15) is 12.6 Å². The number of hydrogen-bond acceptors (Lipinski definition) is 4. The van der Waals surface area contributed by atoms with Crippen LogP contribution in [0.3, 0.4) is 0 Å². The van der Waals surface area contributed by atoms with Gasteiger partial charge in [0.25, 0.3) is 10.0 Å². The van der Waals surface area contributed by atoms with Gasteiger partial charge in [-0.3, -0.25) is 13.9 Å². The van der Waals surface area contributed by atoms with Crippen molar-refractivity contribution in [3.8, 4) is 0 Å². The molecular formula is C27H29Cl2N3O4S. The van der Waals surface area contributed by atoms with Gasteiger partial charge in [-0.1, -0.05) is 59.6 Å². The molecule has 0 saturated carbocycles. The minimum Gasteiger partial charge on any atom is -0.357 e. The van der Waals surface area contributed by atoms with Gasteiger partial charge in [-0.05, 0) is 62.2 Å². The Balaban J connectivity index is 2.10. The van der Waals surface area contributed by atoms with Crippen molar-refractivity contribution >= 4 is 50.7 Å². The third-order valence-electron chi connectivity index (χ3n) is 6.05. The zero-order valence-electron chi connectivity index (χ0n) is 21.0. The van der Waals surface area contributed by atoms with E-state index in [0.717, 1.165) is 9.87 Å². The lowest BCUT2D eigenvalue weighted by Crippen LogP contribution is -2.50. The van der Waals surface area contributed by atoms with Gasteiger partial charge in [-0.25, -0.2) is 8.42 Å². The van der Waals surface area contributed by atoms with Crippen molar-refractivity contribution in [1.82, 2.24) is 10.2 Å². The van der Waals surface area contributed by atoms with Crippen LogP contribution in [-0.4, -0.2) is 44.8 Å². The summed E-state index contributed by atoms with van der Waals surface area (Å²) in [6.07, 6.45) is 0. The number of carbonyl (C=O) groups excluding carboxylic acids is 2. The first-order chi connectivity index (χ1) is 17.5. The molecule has 0 aromatic heterocycles. The maximum atomic E-state index is 13.8. The fourth-order valence-corrected chi connectivity index (χ4v) is 5.87. The number of amides is 2. The van der Waals surface area contributed by atoms with Gasteiger partial charge in [0.05, 0.1) is 10.6 Å². The minimum absolute atomic E-state index is 0.0451. The van der Waals surface area contributed by atoms with E-state index in [1.807, 2.05) is 13.0 Å². The SMILES string of the molecule is CNC(=O)C(C)N(Cc1c(Cl)cccc1Cl)C(=O)CN(c1cc(C)ccc1C)S(=O)(=O)c1ccccc1. The number of nitrogens with one attached hydrogen (secondary N) is 1. The molecule has 1 atom stereocenters. The second-order valence-corrected chi connectivity index (χ2v) is 11.3. The Morgan fingerprint density at radius 1 is 0.946 bits per heavy atom. The lowest BCUT2D eigenvalue weighted by atomic mass is 10.1. The van der Waals surface area contributed by atoms with Gasteiger partial charge < -0.3 is 10.2 Å². The number of rotatable bonds is 9. The molecule has 1 N–H and O–H groups in total. The van der Waals surface area contributed by atoms with Crippen LogP contribution in [0.4, 0.5) is 5.69 Å². The lowest BCUT2D eigenvalue weighted by Gasteiger charge is -2.32. The van der Waals surface area contributed by atoms with Crippen molar-refractivity contribution in [2.24, 2.45) is 0 Å². The van der Waals surface area contributed by atoms with E-state index >= 15 is 0 Å². The molecule has 0 fully saturated rings. The summed E-state index contributed by atoms with van der Waals surface area (Å²) in [5.74, 6) is -1.01. The summed E-state index contributed by atoms with van der Waals surface area (Å²) >= 11 is 12.7. The van der Waals surface area contributed by atoms with Crippen molar-refractivity contribution < 1.29 is 18.0 Å². The first-order valence-electron chi connectivity index (χ1n) is 11.6. The maximum absolute atomic E-state index is 13.8. The second kappa shape index (κ2) is 12.0. The van der Waals surface area contributed by atoms with Crippen LogP contribution in [0, 0.1) is 13.8 Å². The Labute approximate surface area is 228 Å². The first-order valence-corrected chi connectivity index (χ1v) is 13.8. The molecular weight excluding hydrogens is 533 g/mol. The number of likely N-dealkylation sites (N-methyl/N-ethyl adjacent to an activating group) is 1. The molecule has 0 spiro atoms. The summed E-state index contributed by atoms with van der Waals surface area (Å²) in [6, 6.07) is 17.3. The monoisotopic (exact) mass is 561 g/mol. The fourth-order valence-electron chi connectivity index (χ4n) is 3.87. The molecule has 2 amide bonds. The van der Waals surface area contributed by atoms with E-state index in [9.17, 15) is 18.0 Å². The van der Waals surface area contributed by atoms with Gasteiger partial charge in [-0.2, -0.15) is 0 Å². The van der Waals surface area contributed by atoms with E-state index in [1.165, 1.54) is 24.1 Å². The molecule has 0 saturated heterocycles. The predicted molar refractivity (Wildman–Crippen MR) is 147 cm³/mol. The van der Waals surface area contributed by atoms with Crippen LogP contribution in [0.5, 0.6) is 0 Å². The molecule has 10 heteroatoms. The molecule has 7 nitrogen and oxygen atoms in total. The van der Waals surface area contributed by atoms with Crippen LogP contribution in [0.15, 0.2) is 71.6 Å². The molecule has 3 aromatic carbocycles. The highest BCUT2D eigenvalue weighted by atomic mass is 35.5. The standard InChI is InChI=1S/C27H29Cl2N3O4S/c1-18-13-14-19(2)25(15-18)32(37(35,36)21-9-6-5-7-10-21)17-26(33)31(20(3)27(34)30-4)16-22-23(28)11-8-12-24(22)29/h5-15,20H,16-17H2,1-4H3,(H,30,34). The summed E-state index contributed by atoms with van der Waals surface area (Å²) in [6.45, 7) is 4.57. The fraction of sp³-hybridized carbons (Fsp3) is 0.259. The maximum Gasteiger partial charge on any atom is 0.264 e. The molecule has 1 unspecified atom stereocenters. The van der Waals surface area contributed by atoms with Gasteiger partial charge in [0.2, 0.25) is 11.8 Å². The number of carbonyl (C=O) groups is 2. The first kappa shape index (κ1) is 28.5. The normalized spacial score (nSPS) is 12.1. The minimum atomic E-state index is -4.13. The van der Waals surface area contributed by atoms with Crippen LogP contribution >= 0.6 is 23.2 Å². The van der Waals surface area contributed by atoms with Crippen LogP contribution in [0.25, 0.3) is 0 Å². The topological polar surface area (TPSA) is 86.8 Å². The van der Waals surface area contributed by atoms with Crippen molar-refractivity contribution in [2.75, 3.05) is 17.9 Å². The summed E-state index contributed by atoms with van der Waals surface area (Å²) in [5, 5.41) is 3.20. The van der Waals surface area contributed by atoms with Gasteiger partial charge in [0.15, 0.2) is 0 Å². The van der Waals surface area contributed by atoms with E-state index in [4.69, 9.17) is 23.2 Å². The van der Waals surface area contributed by atoms with Gasteiger partial charge in [-0.15, -0.1) is 0 Å². The van der Waals surface area contributed by atoms with E-state index in [1.54, 1.807) is 62.4 Å². The van der Waals surface area contributed by atoms with Crippen molar-refractivity contribution in [3.05, 3.63) is 93.5 Å². The largest absolute Gasteiger partial charge is 0.357 e. The summed E-state index contributed by atoms with van der Waals surface area (Å²) in [4.78, 5) is 27.8. The number of halogens is 2. The highest BCUT2D eigenvalue weighted by molar-refractivity contribution is 7.92. The van der Waals surface area contributed by atoms with Crippen LogP contribution in [0.1, 0.15) is 23.6 Å². The van der Waals surface area contributed by atoms with Crippen LogP contribution in [-0.2, 0) is 26.2 Å². The molecule has 3 aromatic rings. The zero-order valence-corrected chi connectivity index (χ0v) is 23.4. The third-order valence-corrected chi connectivity index (χ3v) is 8.53. The summed E-state index contributed by atoms with van der Waals surface area (Å²) < 4.78 is 28.7. The van der Waals surface area contributed by atoms with Crippen LogP contribution < -0.4 is 9.62 Å². The van der Waals surface area contributed by atoms with Crippen molar-refractivity contribution in [1.29, 1.82) is 0 Å². The average Bonchev–Trinajstić information content (AvgIpc) is 2.88. The molecule has 0 aliphatic rings. The Kier molecular flexibility index (Phi) is 9.23. The lowest BCUT2D eigenvalue weighted by molar-refractivity contribution is -0.139. The smallest absolute Gasteiger partial charge is 0.264 e. The van der Waals surface area contributed by atoms with E-state index in [-0.39, 0.29) is 11.4 Å². The van der Waals surface area contributed by atoms with Gasteiger partial charge >= 0.3 is 0 Å². The Bertz CT molecular complexity index is 1380. The highest BCUT2D eigenvalue weighted by Gasteiger charge is 2.33. The molecule has 196 valence electrons. The van der Waals surface area contributed by atoms with E-state index in [0.29, 0.717) is 26.9 Å². The van der Waals surface area contributed by atoms with Crippen molar-refractivity contribution in [3.63, 3.8) is 0 Å². The number of anilines is 1. The van der Waals surface area contributed by atoms with Gasteiger partial charge in [0, 0.05) is 29.2 Å².